The van der Waals surface area contributed by atoms with Gasteiger partial charge in [-0.1, -0.05) is 0 Å². The normalized spacial score (nSPS) is 15.8. The maximum absolute atomic E-state index is 10.9. The number of nitrogens with one attached hydrogen (secondary N) is 1. The highest BCUT2D eigenvalue weighted by atomic mass is 32.1. The van der Waals surface area contributed by atoms with Crippen LogP contribution in [0.1, 0.15) is 19.3 Å². The van der Waals surface area contributed by atoms with Gasteiger partial charge in [0, 0.05) is 19.6 Å². The van der Waals surface area contributed by atoms with Crippen molar-refractivity contribution in [2.75, 3.05) is 25.5 Å². The lowest BCUT2D eigenvalue weighted by atomic mass is 10.4. The molecule has 1 amide bonds. The Kier molecular flexibility index (Phi) is 5.23. The number of carbonyl (C=O) groups is 1. The molecule has 0 aliphatic heterocycles. The summed E-state index contributed by atoms with van der Waals surface area (Å²) in [6.45, 7) is 2.12. The van der Waals surface area contributed by atoms with Crippen LogP contribution in [0.15, 0.2) is 0 Å². The minimum atomic E-state index is 0.0602. The van der Waals surface area contributed by atoms with Crippen LogP contribution in [-0.4, -0.2) is 31.4 Å². The highest BCUT2D eigenvalue weighted by molar-refractivity contribution is 7.80. The molecule has 13 heavy (non-hydrogen) atoms. The molecule has 0 aromatic heterocycles. The second-order valence-corrected chi connectivity index (χ2v) is 3.79. The second kappa shape index (κ2) is 6.27. The van der Waals surface area contributed by atoms with Gasteiger partial charge < -0.3 is 10.1 Å². The quantitative estimate of drug-likeness (QED) is 0.475. The Balaban J connectivity index is 1.79. The first-order chi connectivity index (χ1) is 6.33. The Bertz CT molecular complexity index is 160. The number of carbonyl (C=O) groups excluding carboxylic acids is 1. The van der Waals surface area contributed by atoms with Gasteiger partial charge in [0.15, 0.2) is 0 Å². The van der Waals surface area contributed by atoms with Gasteiger partial charge in [-0.05, 0) is 24.5 Å². The van der Waals surface area contributed by atoms with Gasteiger partial charge in [0.05, 0.1) is 6.61 Å². The summed E-state index contributed by atoms with van der Waals surface area (Å²) in [6, 6.07) is 0. The summed E-state index contributed by atoms with van der Waals surface area (Å²) in [5.74, 6) is 1.47. The average molecular weight is 203 g/mol. The van der Waals surface area contributed by atoms with Crippen LogP contribution in [0.25, 0.3) is 0 Å². The van der Waals surface area contributed by atoms with Gasteiger partial charge in [0.1, 0.15) is 0 Å². The van der Waals surface area contributed by atoms with Gasteiger partial charge >= 0.3 is 0 Å². The highest BCUT2D eigenvalue weighted by Gasteiger charge is 2.20. The van der Waals surface area contributed by atoms with Gasteiger partial charge in [-0.3, -0.25) is 4.79 Å². The first-order valence-electron chi connectivity index (χ1n) is 4.78. The predicted octanol–water partition coefficient (Wildman–Crippen LogP) is 0.849. The third kappa shape index (κ3) is 5.93. The molecule has 0 aromatic carbocycles. The third-order valence-electron chi connectivity index (χ3n) is 1.96. The smallest absolute Gasteiger partial charge is 0.220 e. The number of hydrogen-bond donors (Lipinski definition) is 2. The van der Waals surface area contributed by atoms with E-state index in [9.17, 15) is 4.79 Å². The molecule has 4 heteroatoms. The van der Waals surface area contributed by atoms with E-state index in [1.807, 2.05) is 0 Å². The zero-order valence-electron chi connectivity index (χ0n) is 7.79. The number of amides is 1. The van der Waals surface area contributed by atoms with Crippen LogP contribution in [0.5, 0.6) is 0 Å². The van der Waals surface area contributed by atoms with Crippen LogP contribution in [-0.2, 0) is 9.53 Å². The second-order valence-electron chi connectivity index (χ2n) is 3.34. The van der Waals surface area contributed by atoms with E-state index in [4.69, 9.17) is 4.74 Å². The van der Waals surface area contributed by atoms with Crippen molar-refractivity contribution in [1.29, 1.82) is 0 Å². The standard InChI is InChI=1S/C9H17NO2S/c11-9(3-6-13)10-4-5-12-7-8-1-2-8/h8,13H,1-7H2,(H,10,11). The Labute approximate surface area is 84.6 Å². The van der Waals surface area contributed by atoms with Crippen molar-refractivity contribution in [1.82, 2.24) is 5.32 Å². The molecule has 3 nitrogen and oxygen atoms in total. The molecule has 0 unspecified atom stereocenters. The van der Waals surface area contributed by atoms with Crippen LogP contribution >= 0.6 is 12.6 Å². The number of thiol groups is 1. The Morgan fingerprint density at radius 3 is 2.92 bits per heavy atom. The summed E-state index contributed by atoms with van der Waals surface area (Å²) in [7, 11) is 0. The Hall–Kier alpha value is -0.220. The lowest BCUT2D eigenvalue weighted by Gasteiger charge is -2.04. The topological polar surface area (TPSA) is 38.3 Å². The molecular weight excluding hydrogens is 186 g/mol. The maximum Gasteiger partial charge on any atom is 0.220 e. The van der Waals surface area contributed by atoms with E-state index in [1.165, 1.54) is 12.8 Å². The monoisotopic (exact) mass is 203 g/mol. The maximum atomic E-state index is 10.9. The fourth-order valence-electron chi connectivity index (χ4n) is 0.987. The fourth-order valence-corrected chi connectivity index (χ4v) is 1.19. The fraction of sp³-hybridized carbons (Fsp3) is 0.889. The molecule has 0 atom stereocenters. The molecule has 0 aromatic rings. The summed E-state index contributed by atoms with van der Waals surface area (Å²) >= 11 is 3.97. The first kappa shape index (κ1) is 10.9. The van der Waals surface area contributed by atoms with E-state index >= 15 is 0 Å². The number of rotatable bonds is 7. The van der Waals surface area contributed by atoms with E-state index in [0.29, 0.717) is 25.3 Å². The van der Waals surface area contributed by atoms with E-state index in [2.05, 4.69) is 17.9 Å². The van der Waals surface area contributed by atoms with Crippen molar-refractivity contribution in [3.05, 3.63) is 0 Å². The molecule has 1 saturated carbocycles. The summed E-state index contributed by atoms with van der Waals surface area (Å²) in [6.07, 6.45) is 3.11. The molecule has 1 aliphatic rings. The molecular formula is C9H17NO2S. The van der Waals surface area contributed by atoms with Gasteiger partial charge in [-0.15, -0.1) is 0 Å². The Morgan fingerprint density at radius 2 is 2.31 bits per heavy atom. The summed E-state index contributed by atoms with van der Waals surface area (Å²) in [4.78, 5) is 10.9. The van der Waals surface area contributed by atoms with E-state index in [-0.39, 0.29) is 5.91 Å². The molecule has 0 spiro atoms. The molecule has 76 valence electrons. The lowest BCUT2D eigenvalue weighted by Crippen LogP contribution is -2.27. The average Bonchev–Trinajstić information content (AvgIpc) is 2.88. The van der Waals surface area contributed by atoms with Crippen LogP contribution < -0.4 is 5.32 Å². The highest BCUT2D eigenvalue weighted by Crippen LogP contribution is 2.28. The predicted molar refractivity (Wildman–Crippen MR) is 55.0 cm³/mol. The lowest BCUT2D eigenvalue weighted by molar-refractivity contribution is -0.120. The molecule has 1 N–H and O–H groups in total. The van der Waals surface area contributed by atoms with E-state index < -0.39 is 0 Å². The van der Waals surface area contributed by atoms with E-state index in [0.717, 1.165) is 12.5 Å². The minimum Gasteiger partial charge on any atom is -0.379 e. The van der Waals surface area contributed by atoms with Gasteiger partial charge in [0.2, 0.25) is 5.91 Å². The zero-order valence-corrected chi connectivity index (χ0v) is 8.69. The number of hydrogen-bond acceptors (Lipinski definition) is 3. The van der Waals surface area contributed by atoms with Crippen molar-refractivity contribution in [2.24, 2.45) is 5.92 Å². The Morgan fingerprint density at radius 1 is 1.54 bits per heavy atom. The summed E-state index contributed by atoms with van der Waals surface area (Å²) in [5.41, 5.74) is 0. The number of ether oxygens (including phenoxy) is 1. The van der Waals surface area contributed by atoms with Crippen molar-refractivity contribution in [3.8, 4) is 0 Å². The van der Waals surface area contributed by atoms with Gasteiger partial charge in [-0.25, -0.2) is 0 Å². The van der Waals surface area contributed by atoms with Crippen molar-refractivity contribution >= 4 is 18.5 Å². The molecule has 0 bridgehead atoms. The zero-order chi connectivity index (χ0) is 9.52. The van der Waals surface area contributed by atoms with Gasteiger partial charge in [-0.2, -0.15) is 12.6 Å². The summed E-state index contributed by atoms with van der Waals surface area (Å²) in [5, 5.41) is 2.76. The van der Waals surface area contributed by atoms with Crippen LogP contribution in [0.3, 0.4) is 0 Å². The van der Waals surface area contributed by atoms with Crippen LogP contribution in [0.2, 0.25) is 0 Å². The molecule has 1 aliphatic carbocycles. The minimum absolute atomic E-state index is 0.0602. The van der Waals surface area contributed by atoms with Crippen LogP contribution in [0.4, 0.5) is 0 Å². The van der Waals surface area contributed by atoms with Gasteiger partial charge in [0.25, 0.3) is 0 Å². The SMILES string of the molecule is O=C(CCS)NCCOCC1CC1. The molecule has 1 fully saturated rings. The molecule has 0 radical (unpaired) electrons. The first-order valence-corrected chi connectivity index (χ1v) is 5.41. The third-order valence-corrected chi connectivity index (χ3v) is 2.18. The molecule has 0 heterocycles. The molecule has 0 saturated heterocycles. The van der Waals surface area contributed by atoms with Crippen molar-refractivity contribution < 1.29 is 9.53 Å². The van der Waals surface area contributed by atoms with Crippen molar-refractivity contribution in [2.45, 2.75) is 19.3 Å². The largest absolute Gasteiger partial charge is 0.379 e. The van der Waals surface area contributed by atoms with Crippen LogP contribution in [0, 0.1) is 5.92 Å². The van der Waals surface area contributed by atoms with E-state index in [1.54, 1.807) is 0 Å². The van der Waals surface area contributed by atoms with Crippen molar-refractivity contribution in [3.63, 3.8) is 0 Å². The summed E-state index contributed by atoms with van der Waals surface area (Å²) < 4.78 is 5.35. The molecule has 1 rings (SSSR count).